The van der Waals surface area contributed by atoms with Crippen molar-refractivity contribution < 1.29 is 37.7 Å². The maximum absolute atomic E-state index is 12.2. The Bertz CT molecular complexity index is 2010. The number of rotatable bonds is 17. The largest absolute Gasteiger partial charge is 0.423 e. The van der Waals surface area contributed by atoms with Gasteiger partial charge in [-0.3, -0.25) is 0 Å². The molecule has 0 N–H and O–H groups in total. The van der Waals surface area contributed by atoms with Gasteiger partial charge in [-0.05, 0) is 85.7 Å². The van der Waals surface area contributed by atoms with E-state index < -0.39 is 11.9 Å². The van der Waals surface area contributed by atoms with Gasteiger partial charge in [0.05, 0.1) is 26.4 Å². The Balaban J connectivity index is 0.835. The van der Waals surface area contributed by atoms with Crippen LogP contribution >= 0.6 is 0 Å². The molecule has 0 aliphatic heterocycles. The van der Waals surface area contributed by atoms with E-state index in [1.165, 1.54) is 23.3 Å². The number of ether oxygens (including phenoxy) is 4. The van der Waals surface area contributed by atoms with E-state index in [0.29, 0.717) is 51.0 Å². The SMILES string of the molecule is Cc1ccc(/C=C\C(=O)Oc2ccc(-n3cc[n+](CCOCCOCC[n+]4ccn(-c5ccc(OC(=O)/C=C\c6ccc(C)cc6)cc5)c4)c3)cc2)cc1. The fourth-order valence-corrected chi connectivity index (χ4v) is 5.38. The minimum Gasteiger partial charge on any atom is -0.423 e. The lowest BCUT2D eigenvalue weighted by Gasteiger charge is -2.04. The standard InChI is InChI=1S/C44H44N4O6/c1-35-3-7-37(8-4-35)11-21-43(49)53-41-17-13-39(14-18-41)47-25-23-45(33-47)27-29-51-31-32-52-30-28-46-24-26-48(34-46)40-15-19-42(20-16-40)54-44(50)22-12-38-9-5-36(2)6-10-38/h3-26,33-34H,27-32H2,1-2H3/q+2/b21-11-,22-12-. The van der Waals surface area contributed by atoms with E-state index in [1.807, 2.05) is 133 Å². The minimum atomic E-state index is -0.424. The molecule has 274 valence electrons. The summed E-state index contributed by atoms with van der Waals surface area (Å²) in [6.07, 6.45) is 18.2. The van der Waals surface area contributed by atoms with E-state index in [-0.39, 0.29) is 0 Å². The van der Waals surface area contributed by atoms with Gasteiger partial charge in [-0.2, -0.15) is 0 Å². The second-order valence-corrected chi connectivity index (χ2v) is 12.7. The number of nitrogens with zero attached hydrogens (tertiary/aromatic N) is 4. The normalized spacial score (nSPS) is 11.4. The lowest BCUT2D eigenvalue weighted by molar-refractivity contribution is -0.698. The summed E-state index contributed by atoms with van der Waals surface area (Å²) in [7, 11) is 0. The highest BCUT2D eigenvalue weighted by atomic mass is 16.5. The van der Waals surface area contributed by atoms with Gasteiger partial charge in [0.15, 0.2) is 0 Å². The summed E-state index contributed by atoms with van der Waals surface area (Å²) in [4.78, 5) is 24.5. The number of hydrogen-bond donors (Lipinski definition) is 0. The molecule has 0 saturated heterocycles. The zero-order valence-corrected chi connectivity index (χ0v) is 30.5. The molecule has 0 spiro atoms. The van der Waals surface area contributed by atoms with Crippen LogP contribution in [0.15, 0.2) is 147 Å². The lowest BCUT2D eigenvalue weighted by atomic mass is 10.1. The molecule has 54 heavy (non-hydrogen) atoms. The Morgan fingerprint density at radius 3 is 1.31 bits per heavy atom. The molecule has 6 aromatic rings. The van der Waals surface area contributed by atoms with Crippen molar-refractivity contribution in [3.8, 4) is 22.9 Å². The molecule has 10 nitrogen and oxygen atoms in total. The fourth-order valence-electron chi connectivity index (χ4n) is 5.38. The molecule has 0 bridgehead atoms. The van der Waals surface area contributed by atoms with Crippen molar-refractivity contribution >= 4 is 24.1 Å². The van der Waals surface area contributed by atoms with Crippen LogP contribution in [0.3, 0.4) is 0 Å². The summed E-state index contributed by atoms with van der Waals surface area (Å²) >= 11 is 0. The Labute approximate surface area is 315 Å². The van der Waals surface area contributed by atoms with Gasteiger partial charge in [0.2, 0.25) is 12.7 Å². The van der Waals surface area contributed by atoms with Gasteiger partial charge in [0.25, 0.3) is 0 Å². The summed E-state index contributed by atoms with van der Waals surface area (Å²) < 4.78 is 30.6. The van der Waals surface area contributed by atoms with E-state index in [0.717, 1.165) is 22.5 Å². The van der Waals surface area contributed by atoms with Crippen LogP contribution in [0, 0.1) is 13.8 Å². The first kappa shape index (κ1) is 37.4. The fraction of sp³-hybridized carbons (Fsp3) is 0.182. The average Bonchev–Trinajstić information content (AvgIpc) is 3.87. The first-order valence-corrected chi connectivity index (χ1v) is 17.8. The molecule has 2 heterocycles. The van der Waals surface area contributed by atoms with Crippen LogP contribution in [0.5, 0.6) is 11.5 Å². The zero-order valence-electron chi connectivity index (χ0n) is 30.5. The van der Waals surface area contributed by atoms with Gasteiger partial charge in [-0.1, -0.05) is 59.7 Å². The maximum Gasteiger partial charge on any atom is 0.336 e. The average molecular weight is 725 g/mol. The Morgan fingerprint density at radius 1 is 0.537 bits per heavy atom. The van der Waals surface area contributed by atoms with Gasteiger partial charge < -0.3 is 18.9 Å². The third-order valence-electron chi connectivity index (χ3n) is 8.43. The lowest BCUT2D eigenvalue weighted by Crippen LogP contribution is -2.34. The molecule has 0 radical (unpaired) electrons. The van der Waals surface area contributed by atoms with Crippen LogP contribution in [-0.4, -0.2) is 47.5 Å². The quantitative estimate of drug-likeness (QED) is 0.0355. The second kappa shape index (κ2) is 18.9. The molecule has 4 aromatic carbocycles. The summed E-state index contributed by atoms with van der Waals surface area (Å²) in [5, 5.41) is 0. The van der Waals surface area contributed by atoms with Crippen molar-refractivity contribution in [2.75, 3.05) is 26.4 Å². The number of imidazole rings is 2. The number of esters is 2. The molecule has 2 aromatic heterocycles. The molecule has 0 fully saturated rings. The molecule has 0 saturated carbocycles. The highest BCUT2D eigenvalue weighted by Gasteiger charge is 2.10. The van der Waals surface area contributed by atoms with Gasteiger partial charge in [-0.25, -0.2) is 27.9 Å². The molecule has 0 unspecified atom stereocenters. The summed E-state index contributed by atoms with van der Waals surface area (Å²) in [5.74, 6) is 0.117. The molecular formula is C44H44N4O6+2. The summed E-state index contributed by atoms with van der Waals surface area (Å²) in [6, 6.07) is 30.6. The minimum absolute atomic E-state index is 0.424. The van der Waals surface area contributed by atoms with Crippen molar-refractivity contribution in [2.45, 2.75) is 26.9 Å². The highest BCUT2D eigenvalue weighted by Crippen LogP contribution is 2.17. The molecule has 0 aliphatic rings. The van der Waals surface area contributed by atoms with Gasteiger partial charge in [-0.15, -0.1) is 0 Å². The number of aromatic nitrogens is 4. The van der Waals surface area contributed by atoms with Crippen LogP contribution in [0.2, 0.25) is 0 Å². The molecule has 0 atom stereocenters. The maximum atomic E-state index is 12.2. The van der Waals surface area contributed by atoms with Crippen LogP contribution in [0.25, 0.3) is 23.5 Å². The third-order valence-corrected chi connectivity index (χ3v) is 8.43. The Morgan fingerprint density at radius 2 is 0.926 bits per heavy atom. The molecule has 6 rings (SSSR count). The van der Waals surface area contributed by atoms with Crippen LogP contribution in [0.1, 0.15) is 22.3 Å². The Kier molecular flexibility index (Phi) is 13.1. The van der Waals surface area contributed by atoms with Crippen molar-refractivity contribution in [1.82, 2.24) is 9.13 Å². The van der Waals surface area contributed by atoms with Crippen molar-refractivity contribution in [3.05, 3.63) is 169 Å². The first-order chi connectivity index (χ1) is 26.4. The van der Waals surface area contributed by atoms with Crippen LogP contribution in [0.4, 0.5) is 0 Å². The number of carbonyl (C=O) groups is 2. The monoisotopic (exact) mass is 724 g/mol. The van der Waals surface area contributed by atoms with E-state index in [4.69, 9.17) is 18.9 Å². The number of carbonyl (C=O) groups excluding carboxylic acids is 2. The molecule has 0 amide bonds. The third kappa shape index (κ3) is 11.6. The number of aryl methyl sites for hydroxylation is 2. The Hall–Kier alpha value is -6.36. The van der Waals surface area contributed by atoms with E-state index in [9.17, 15) is 9.59 Å². The first-order valence-electron chi connectivity index (χ1n) is 17.8. The van der Waals surface area contributed by atoms with Gasteiger partial charge >= 0.3 is 11.9 Å². The number of benzene rings is 4. The van der Waals surface area contributed by atoms with Crippen molar-refractivity contribution in [3.63, 3.8) is 0 Å². The van der Waals surface area contributed by atoms with Crippen LogP contribution < -0.4 is 18.6 Å². The molecule has 10 heteroatoms. The molecular weight excluding hydrogens is 681 g/mol. The van der Waals surface area contributed by atoms with Gasteiger partial charge in [0.1, 0.15) is 60.8 Å². The van der Waals surface area contributed by atoms with Gasteiger partial charge in [0, 0.05) is 12.2 Å². The predicted octanol–water partition coefficient (Wildman–Crippen LogP) is 6.43. The smallest absolute Gasteiger partial charge is 0.336 e. The second-order valence-electron chi connectivity index (χ2n) is 12.7. The van der Waals surface area contributed by atoms with Crippen molar-refractivity contribution in [1.29, 1.82) is 0 Å². The van der Waals surface area contributed by atoms with Crippen LogP contribution in [-0.2, 0) is 32.2 Å². The van der Waals surface area contributed by atoms with E-state index in [2.05, 4.69) is 9.13 Å². The van der Waals surface area contributed by atoms with E-state index in [1.54, 1.807) is 36.4 Å². The summed E-state index contributed by atoms with van der Waals surface area (Å²) in [6.45, 7) is 7.58. The zero-order chi connectivity index (χ0) is 37.5. The highest BCUT2D eigenvalue weighted by molar-refractivity contribution is 5.89. The molecule has 0 aliphatic carbocycles. The predicted molar refractivity (Wildman–Crippen MR) is 205 cm³/mol. The van der Waals surface area contributed by atoms with E-state index >= 15 is 0 Å². The topological polar surface area (TPSA) is 88.7 Å². The van der Waals surface area contributed by atoms with Crippen molar-refractivity contribution in [2.24, 2.45) is 0 Å². The summed E-state index contributed by atoms with van der Waals surface area (Å²) in [5.41, 5.74) is 6.12. The number of hydrogen-bond acceptors (Lipinski definition) is 6.